The molecule has 0 bridgehead atoms. The molecule has 2 aromatic rings. The molecule has 2 aliphatic rings. The van der Waals surface area contributed by atoms with Crippen molar-refractivity contribution < 1.29 is 14.7 Å². The average Bonchev–Trinajstić information content (AvgIpc) is 2.83. The van der Waals surface area contributed by atoms with Gasteiger partial charge in [0.1, 0.15) is 0 Å². The van der Waals surface area contributed by atoms with E-state index in [4.69, 9.17) is 4.74 Å². The fraction of sp³-hybridized carbons (Fsp3) is 0.458. The van der Waals surface area contributed by atoms with E-state index in [0.29, 0.717) is 0 Å². The second kappa shape index (κ2) is 10.8. The number of carbonyl (C=O) groups excluding carboxylic acids is 1. The summed E-state index contributed by atoms with van der Waals surface area (Å²) in [4.78, 5) is 19.0. The predicted molar refractivity (Wildman–Crippen MR) is 125 cm³/mol. The van der Waals surface area contributed by atoms with E-state index in [-0.39, 0.29) is 19.0 Å². The summed E-state index contributed by atoms with van der Waals surface area (Å²) in [6.45, 7) is 7.44. The van der Waals surface area contributed by atoms with Crippen LogP contribution in [-0.4, -0.2) is 92.1 Å². The fourth-order valence-electron chi connectivity index (χ4n) is 3.98. The first-order valence-electron chi connectivity index (χ1n) is 11.3. The molecular weight excluding hydrogens is 406 g/mol. The standard InChI is InChI=1S/C24H33N5O3/c1-26-10-12-27(13-11-26)19-24(30)29(31)18-20-2-4-21(5-3-20)25-22-6-8-23(9-7-22)28-14-16-32-17-15-28/h2-9,25,31H,10-19H2,1H3. The molecule has 172 valence electrons. The Balaban J connectivity index is 1.26. The predicted octanol–water partition coefficient (Wildman–Crippen LogP) is 2.23. The van der Waals surface area contributed by atoms with Gasteiger partial charge in [0, 0.05) is 56.3 Å². The number of hydroxylamine groups is 2. The SMILES string of the molecule is CN1CCN(CC(=O)N(O)Cc2ccc(Nc3ccc(N4CCOCC4)cc3)cc2)CC1. The first-order valence-corrected chi connectivity index (χ1v) is 11.3. The van der Waals surface area contributed by atoms with E-state index in [2.05, 4.69) is 51.3 Å². The van der Waals surface area contributed by atoms with Gasteiger partial charge in [0.15, 0.2) is 0 Å². The summed E-state index contributed by atoms with van der Waals surface area (Å²) in [7, 11) is 2.08. The number of morpholine rings is 1. The van der Waals surface area contributed by atoms with Crippen LogP contribution < -0.4 is 10.2 Å². The van der Waals surface area contributed by atoms with E-state index >= 15 is 0 Å². The van der Waals surface area contributed by atoms with Gasteiger partial charge in [-0.1, -0.05) is 12.1 Å². The van der Waals surface area contributed by atoms with Gasteiger partial charge in [-0.25, -0.2) is 5.06 Å². The molecule has 0 aromatic heterocycles. The van der Waals surface area contributed by atoms with Crippen LogP contribution in [0.1, 0.15) is 5.56 Å². The van der Waals surface area contributed by atoms with Gasteiger partial charge in [0.05, 0.1) is 26.3 Å². The molecule has 2 fully saturated rings. The first kappa shape index (κ1) is 22.5. The maximum absolute atomic E-state index is 12.3. The fourth-order valence-corrected chi connectivity index (χ4v) is 3.98. The van der Waals surface area contributed by atoms with Crippen LogP contribution in [0, 0.1) is 0 Å². The number of piperazine rings is 1. The second-order valence-corrected chi connectivity index (χ2v) is 8.50. The van der Waals surface area contributed by atoms with Crippen molar-refractivity contribution in [1.29, 1.82) is 0 Å². The first-order chi connectivity index (χ1) is 15.6. The molecule has 1 amide bonds. The molecule has 4 rings (SSSR count). The number of benzene rings is 2. The zero-order chi connectivity index (χ0) is 22.3. The molecule has 0 radical (unpaired) electrons. The van der Waals surface area contributed by atoms with Crippen LogP contribution in [0.2, 0.25) is 0 Å². The summed E-state index contributed by atoms with van der Waals surface area (Å²) in [6.07, 6.45) is 0. The number of rotatable bonds is 7. The maximum Gasteiger partial charge on any atom is 0.260 e. The molecular formula is C24H33N5O3. The maximum atomic E-state index is 12.3. The molecule has 2 aliphatic heterocycles. The molecule has 2 saturated heterocycles. The zero-order valence-corrected chi connectivity index (χ0v) is 18.7. The molecule has 2 aromatic carbocycles. The molecule has 32 heavy (non-hydrogen) atoms. The van der Waals surface area contributed by atoms with Crippen LogP contribution in [0.3, 0.4) is 0 Å². The third-order valence-corrected chi connectivity index (χ3v) is 6.06. The highest BCUT2D eigenvalue weighted by Gasteiger charge is 2.19. The van der Waals surface area contributed by atoms with E-state index in [1.54, 1.807) is 0 Å². The molecule has 0 atom stereocenters. The molecule has 0 saturated carbocycles. The number of nitrogens with zero attached hydrogens (tertiary/aromatic N) is 4. The number of hydrogen-bond donors (Lipinski definition) is 2. The Hall–Kier alpha value is -2.65. The lowest BCUT2D eigenvalue weighted by Crippen LogP contribution is -2.48. The number of anilines is 3. The Labute approximate surface area is 189 Å². The lowest BCUT2D eigenvalue weighted by Gasteiger charge is -2.32. The van der Waals surface area contributed by atoms with Gasteiger partial charge < -0.3 is 19.9 Å². The Bertz CT molecular complexity index is 860. The quantitative estimate of drug-likeness (QED) is 0.506. The van der Waals surface area contributed by atoms with Crippen LogP contribution >= 0.6 is 0 Å². The Kier molecular flexibility index (Phi) is 7.59. The van der Waals surface area contributed by atoms with E-state index in [1.807, 2.05) is 24.3 Å². The topological polar surface area (TPSA) is 71.5 Å². The molecule has 0 spiro atoms. The van der Waals surface area contributed by atoms with Crippen LogP contribution in [-0.2, 0) is 16.1 Å². The number of ether oxygens (including phenoxy) is 1. The van der Waals surface area contributed by atoms with Crippen molar-refractivity contribution in [3.63, 3.8) is 0 Å². The van der Waals surface area contributed by atoms with Crippen molar-refractivity contribution in [2.24, 2.45) is 0 Å². The third-order valence-electron chi connectivity index (χ3n) is 6.06. The lowest BCUT2D eigenvalue weighted by molar-refractivity contribution is -0.169. The smallest absolute Gasteiger partial charge is 0.260 e. The minimum absolute atomic E-state index is 0.182. The molecule has 8 heteroatoms. The van der Waals surface area contributed by atoms with Crippen molar-refractivity contribution in [3.8, 4) is 0 Å². The summed E-state index contributed by atoms with van der Waals surface area (Å²) in [5, 5.41) is 14.4. The highest BCUT2D eigenvalue weighted by atomic mass is 16.5. The molecule has 2 N–H and O–H groups in total. The van der Waals surface area contributed by atoms with Gasteiger partial charge >= 0.3 is 0 Å². The summed E-state index contributed by atoms with van der Waals surface area (Å²) in [5.74, 6) is -0.267. The van der Waals surface area contributed by atoms with Crippen LogP contribution in [0.4, 0.5) is 17.1 Å². The van der Waals surface area contributed by atoms with E-state index < -0.39 is 0 Å². The van der Waals surface area contributed by atoms with Gasteiger partial charge in [0.2, 0.25) is 0 Å². The average molecular weight is 440 g/mol. The number of likely N-dealkylation sites (N-methyl/N-ethyl adjacent to an activating group) is 1. The number of amides is 1. The van der Waals surface area contributed by atoms with Crippen molar-refractivity contribution in [3.05, 3.63) is 54.1 Å². The second-order valence-electron chi connectivity index (χ2n) is 8.50. The van der Waals surface area contributed by atoms with Crippen molar-refractivity contribution in [2.75, 3.05) is 76.3 Å². The highest BCUT2D eigenvalue weighted by molar-refractivity contribution is 5.77. The van der Waals surface area contributed by atoms with Gasteiger partial charge in [-0.2, -0.15) is 0 Å². The van der Waals surface area contributed by atoms with Gasteiger partial charge in [0.25, 0.3) is 5.91 Å². The molecule has 0 unspecified atom stereocenters. The van der Waals surface area contributed by atoms with Gasteiger partial charge in [-0.3, -0.25) is 14.9 Å². The van der Waals surface area contributed by atoms with Crippen molar-refractivity contribution in [1.82, 2.24) is 14.9 Å². The number of nitrogens with one attached hydrogen (secondary N) is 1. The van der Waals surface area contributed by atoms with Crippen LogP contribution in [0.15, 0.2) is 48.5 Å². The normalized spacial score (nSPS) is 17.9. The van der Waals surface area contributed by atoms with E-state index in [0.717, 1.165) is 74.5 Å². The summed E-state index contributed by atoms with van der Waals surface area (Å²) >= 11 is 0. The Morgan fingerprint density at radius 3 is 2.16 bits per heavy atom. The number of hydrogen-bond acceptors (Lipinski definition) is 7. The minimum atomic E-state index is -0.267. The van der Waals surface area contributed by atoms with Crippen molar-refractivity contribution >= 4 is 23.0 Å². The Morgan fingerprint density at radius 1 is 0.938 bits per heavy atom. The monoisotopic (exact) mass is 439 g/mol. The lowest BCUT2D eigenvalue weighted by atomic mass is 10.2. The third kappa shape index (κ3) is 6.20. The van der Waals surface area contributed by atoms with E-state index in [9.17, 15) is 10.0 Å². The van der Waals surface area contributed by atoms with Crippen LogP contribution in [0.5, 0.6) is 0 Å². The molecule has 2 heterocycles. The van der Waals surface area contributed by atoms with Gasteiger partial charge in [-0.15, -0.1) is 0 Å². The molecule has 0 aliphatic carbocycles. The largest absolute Gasteiger partial charge is 0.378 e. The van der Waals surface area contributed by atoms with E-state index in [1.165, 1.54) is 5.69 Å². The highest BCUT2D eigenvalue weighted by Crippen LogP contribution is 2.22. The Morgan fingerprint density at radius 2 is 1.53 bits per heavy atom. The zero-order valence-electron chi connectivity index (χ0n) is 18.7. The molecule has 8 nitrogen and oxygen atoms in total. The summed E-state index contributed by atoms with van der Waals surface area (Å²) in [6, 6.07) is 16.2. The van der Waals surface area contributed by atoms with Gasteiger partial charge in [-0.05, 0) is 49.0 Å². The van der Waals surface area contributed by atoms with Crippen LogP contribution in [0.25, 0.3) is 0 Å². The van der Waals surface area contributed by atoms with Crippen molar-refractivity contribution in [2.45, 2.75) is 6.54 Å². The minimum Gasteiger partial charge on any atom is -0.378 e. The number of carbonyl (C=O) groups is 1. The summed E-state index contributed by atoms with van der Waals surface area (Å²) < 4.78 is 5.41. The summed E-state index contributed by atoms with van der Waals surface area (Å²) in [5.41, 5.74) is 4.06.